The van der Waals surface area contributed by atoms with E-state index < -0.39 is 6.35 Å². The number of carbonyl (C=O) groups is 1. The number of nitrogens with zero attached hydrogens (tertiary/aromatic N) is 3. The van der Waals surface area contributed by atoms with E-state index in [1.807, 2.05) is 84.9 Å². The molecule has 2 aliphatic rings. The summed E-state index contributed by atoms with van der Waals surface area (Å²) < 4.78 is 5.84. The molecular formula is C25H23N5O2. The van der Waals surface area contributed by atoms with E-state index in [0.717, 1.165) is 28.1 Å². The predicted octanol–water partition coefficient (Wildman–Crippen LogP) is 4.06. The molecule has 2 atom stereocenters. The molecule has 2 unspecified atom stereocenters. The molecule has 0 fully saturated rings. The van der Waals surface area contributed by atoms with Gasteiger partial charge in [0.1, 0.15) is 0 Å². The van der Waals surface area contributed by atoms with Gasteiger partial charge in [-0.15, -0.1) is 5.10 Å². The van der Waals surface area contributed by atoms with Gasteiger partial charge in [-0.3, -0.25) is 10.2 Å². The van der Waals surface area contributed by atoms with Crippen LogP contribution in [0.3, 0.4) is 0 Å². The predicted molar refractivity (Wildman–Crippen MR) is 124 cm³/mol. The zero-order valence-corrected chi connectivity index (χ0v) is 17.6. The maximum Gasteiger partial charge on any atom is 0.265 e. The lowest BCUT2D eigenvalue weighted by atomic mass is 9.98. The summed E-state index contributed by atoms with van der Waals surface area (Å²) in [7, 11) is 0. The first kappa shape index (κ1) is 19.8. The molecule has 0 radical (unpaired) electrons. The zero-order valence-electron chi connectivity index (χ0n) is 17.6. The fraction of sp³-hybridized carbons (Fsp3) is 0.160. The summed E-state index contributed by atoms with van der Waals surface area (Å²) in [6, 6.07) is 27.6. The first-order chi connectivity index (χ1) is 15.7. The summed E-state index contributed by atoms with van der Waals surface area (Å²) in [5.41, 5.74) is 7.72. The number of rotatable bonds is 5. The van der Waals surface area contributed by atoms with Crippen molar-refractivity contribution in [2.24, 2.45) is 10.2 Å². The Morgan fingerprint density at radius 2 is 1.66 bits per heavy atom. The van der Waals surface area contributed by atoms with Crippen molar-refractivity contribution in [3.63, 3.8) is 0 Å². The molecule has 1 amide bonds. The standard InChI is InChI=1S/C25H23N5O2/c1-17(31)30-23(19-8-4-2-5-9-19)16-22(29-30)18-12-14-21(15-13-18)26-25-28-27-24(32-25)20-10-6-3-7-11-20/h2-15,23,25-26,28H,16H2,1H3. The van der Waals surface area contributed by atoms with Crippen molar-refractivity contribution < 1.29 is 9.53 Å². The van der Waals surface area contributed by atoms with Crippen LogP contribution in [0.2, 0.25) is 0 Å². The average molecular weight is 425 g/mol. The quantitative estimate of drug-likeness (QED) is 0.646. The van der Waals surface area contributed by atoms with Crippen molar-refractivity contribution in [2.75, 3.05) is 5.32 Å². The first-order valence-electron chi connectivity index (χ1n) is 10.5. The van der Waals surface area contributed by atoms with Gasteiger partial charge >= 0.3 is 0 Å². The van der Waals surface area contributed by atoms with Crippen LogP contribution in [0.1, 0.15) is 36.1 Å². The molecule has 3 aromatic carbocycles. The van der Waals surface area contributed by atoms with E-state index in [4.69, 9.17) is 4.74 Å². The van der Waals surface area contributed by atoms with Gasteiger partial charge in [0.05, 0.1) is 11.8 Å². The Morgan fingerprint density at radius 1 is 0.969 bits per heavy atom. The van der Waals surface area contributed by atoms with E-state index >= 15 is 0 Å². The normalized spacial score (nSPS) is 19.6. The van der Waals surface area contributed by atoms with Crippen molar-refractivity contribution in [1.29, 1.82) is 0 Å². The zero-order chi connectivity index (χ0) is 21.9. The van der Waals surface area contributed by atoms with E-state index in [1.54, 1.807) is 11.9 Å². The van der Waals surface area contributed by atoms with Crippen LogP contribution in [0.4, 0.5) is 5.69 Å². The second-order valence-electron chi connectivity index (χ2n) is 7.67. The Balaban J connectivity index is 1.25. The van der Waals surface area contributed by atoms with Gasteiger partial charge in [-0.25, -0.2) is 5.01 Å². The van der Waals surface area contributed by atoms with Crippen LogP contribution in [0.15, 0.2) is 95.1 Å². The number of hydrogen-bond acceptors (Lipinski definition) is 6. The minimum absolute atomic E-state index is 0.0641. The number of amides is 1. The Labute approximate surface area is 186 Å². The van der Waals surface area contributed by atoms with Gasteiger partial charge in [0.15, 0.2) is 0 Å². The number of benzene rings is 3. The van der Waals surface area contributed by atoms with Crippen LogP contribution in [0.5, 0.6) is 0 Å². The van der Waals surface area contributed by atoms with Gasteiger partial charge in [-0.05, 0) is 35.4 Å². The topological polar surface area (TPSA) is 78.3 Å². The molecule has 0 saturated carbocycles. The third kappa shape index (κ3) is 4.05. The average Bonchev–Trinajstić information content (AvgIpc) is 3.49. The van der Waals surface area contributed by atoms with E-state index in [9.17, 15) is 4.79 Å². The van der Waals surface area contributed by atoms with Crippen LogP contribution >= 0.6 is 0 Å². The molecule has 0 aromatic heterocycles. The lowest BCUT2D eigenvalue weighted by Gasteiger charge is -2.20. The number of carbonyl (C=O) groups excluding carboxylic acids is 1. The van der Waals surface area contributed by atoms with Gasteiger partial charge in [-0.2, -0.15) is 5.10 Å². The summed E-state index contributed by atoms with van der Waals surface area (Å²) in [5.74, 6) is 0.488. The highest BCUT2D eigenvalue weighted by molar-refractivity contribution is 6.03. The van der Waals surface area contributed by atoms with E-state index in [1.165, 1.54) is 0 Å². The van der Waals surface area contributed by atoms with Crippen LogP contribution in [-0.2, 0) is 9.53 Å². The highest BCUT2D eigenvalue weighted by Crippen LogP contribution is 2.32. The van der Waals surface area contributed by atoms with Gasteiger partial charge in [0, 0.05) is 24.6 Å². The highest BCUT2D eigenvalue weighted by atomic mass is 16.5. The molecule has 0 saturated heterocycles. The van der Waals surface area contributed by atoms with E-state index in [2.05, 4.69) is 20.9 Å². The summed E-state index contributed by atoms with van der Waals surface area (Å²) in [5, 5.41) is 13.7. The Bertz CT molecular complexity index is 1160. The number of ether oxygens (including phenoxy) is 1. The first-order valence-corrected chi connectivity index (χ1v) is 10.5. The second-order valence-corrected chi connectivity index (χ2v) is 7.67. The third-order valence-electron chi connectivity index (χ3n) is 5.47. The van der Waals surface area contributed by atoms with Gasteiger partial charge in [0.25, 0.3) is 6.35 Å². The molecular weight excluding hydrogens is 402 g/mol. The van der Waals surface area contributed by atoms with Gasteiger partial charge in [0.2, 0.25) is 11.8 Å². The Morgan fingerprint density at radius 3 is 2.34 bits per heavy atom. The minimum Gasteiger partial charge on any atom is -0.432 e. The maximum absolute atomic E-state index is 12.2. The third-order valence-corrected chi connectivity index (χ3v) is 5.47. The van der Waals surface area contributed by atoms with Crippen molar-refractivity contribution >= 4 is 23.2 Å². The molecule has 2 heterocycles. The fourth-order valence-electron chi connectivity index (χ4n) is 3.88. The molecule has 5 rings (SSSR count). The van der Waals surface area contributed by atoms with Crippen molar-refractivity contribution in [2.45, 2.75) is 25.7 Å². The Hall–Kier alpha value is -4.13. The number of hydrazone groups is 2. The Kier molecular flexibility index (Phi) is 5.29. The summed E-state index contributed by atoms with van der Waals surface area (Å²) >= 11 is 0. The molecule has 2 N–H and O–H groups in total. The molecule has 7 heteroatoms. The largest absolute Gasteiger partial charge is 0.432 e. The number of anilines is 1. The van der Waals surface area contributed by atoms with Crippen LogP contribution in [0, 0.1) is 0 Å². The SMILES string of the molecule is CC(=O)N1N=C(c2ccc(NC3NN=C(c4ccccc4)O3)cc2)CC1c1ccccc1. The van der Waals surface area contributed by atoms with Crippen molar-refractivity contribution in [3.05, 3.63) is 102 Å². The molecule has 0 spiro atoms. The van der Waals surface area contributed by atoms with Gasteiger partial charge < -0.3 is 10.1 Å². The molecule has 0 bridgehead atoms. The summed E-state index contributed by atoms with van der Waals surface area (Å²) in [4.78, 5) is 12.2. The highest BCUT2D eigenvalue weighted by Gasteiger charge is 2.31. The molecule has 7 nitrogen and oxygen atoms in total. The fourth-order valence-corrected chi connectivity index (χ4v) is 3.88. The monoisotopic (exact) mass is 425 g/mol. The van der Waals surface area contributed by atoms with Crippen LogP contribution in [0.25, 0.3) is 0 Å². The molecule has 2 aliphatic heterocycles. The van der Waals surface area contributed by atoms with E-state index in [-0.39, 0.29) is 11.9 Å². The van der Waals surface area contributed by atoms with E-state index in [0.29, 0.717) is 12.3 Å². The summed E-state index contributed by atoms with van der Waals surface area (Å²) in [6.07, 6.45) is 0.230. The minimum atomic E-state index is -0.449. The van der Waals surface area contributed by atoms with Crippen molar-refractivity contribution in [3.8, 4) is 0 Å². The van der Waals surface area contributed by atoms with Crippen LogP contribution in [-0.4, -0.2) is 28.9 Å². The molecule has 3 aromatic rings. The summed E-state index contributed by atoms with van der Waals surface area (Å²) in [6.45, 7) is 1.55. The number of nitrogens with one attached hydrogen (secondary N) is 2. The lowest BCUT2D eigenvalue weighted by molar-refractivity contribution is -0.130. The lowest BCUT2D eigenvalue weighted by Crippen LogP contribution is -2.31. The van der Waals surface area contributed by atoms with Crippen molar-refractivity contribution in [1.82, 2.24) is 10.4 Å². The molecule has 32 heavy (non-hydrogen) atoms. The smallest absolute Gasteiger partial charge is 0.265 e. The van der Waals surface area contributed by atoms with Crippen LogP contribution < -0.4 is 10.7 Å². The number of hydrogen-bond donors (Lipinski definition) is 2. The molecule has 160 valence electrons. The van der Waals surface area contributed by atoms with Gasteiger partial charge in [-0.1, -0.05) is 60.7 Å². The maximum atomic E-state index is 12.2. The second kappa shape index (κ2) is 8.55. The molecule has 0 aliphatic carbocycles.